The molecule has 0 aliphatic carbocycles. The van der Waals surface area contributed by atoms with Crippen LogP contribution in [0.4, 0.5) is 0 Å². The summed E-state index contributed by atoms with van der Waals surface area (Å²) in [5.41, 5.74) is 0. The fourth-order valence-electron chi connectivity index (χ4n) is 0. The first-order valence-corrected chi connectivity index (χ1v) is 5.25. The van der Waals surface area contributed by atoms with E-state index in [0.29, 0.717) is 11.8 Å². The second-order valence-corrected chi connectivity index (χ2v) is 3.69. The van der Waals surface area contributed by atoms with Crippen LogP contribution in [0.2, 0.25) is 0 Å². The second-order valence-electron chi connectivity index (χ2n) is 1.40. The summed E-state index contributed by atoms with van der Waals surface area (Å²) in [5, 5.41) is 9.25. The van der Waals surface area contributed by atoms with Crippen molar-refractivity contribution in [2.75, 3.05) is 25.9 Å². The molecule has 0 aliphatic heterocycles. The zero-order valence-corrected chi connectivity index (χ0v) is 11.1. The molecule has 0 aromatic heterocycles. The largest absolute Gasteiger partial charge is 0.323 e. The van der Waals surface area contributed by atoms with E-state index in [1.165, 1.54) is 0 Å². The Morgan fingerprint density at radius 3 is 1.23 bits per heavy atom. The van der Waals surface area contributed by atoms with E-state index in [-0.39, 0.29) is 4.84 Å². The summed E-state index contributed by atoms with van der Waals surface area (Å²) in [6, 6.07) is 0. The zero-order chi connectivity index (χ0) is 11.7. The molecular weight excluding hydrogens is 254 g/mol. The van der Waals surface area contributed by atoms with E-state index in [1.54, 1.807) is 6.92 Å². The van der Waals surface area contributed by atoms with Gasteiger partial charge in [0.25, 0.3) is 0 Å². The van der Waals surface area contributed by atoms with E-state index in [1.807, 2.05) is 14.1 Å². The summed E-state index contributed by atoms with van der Waals surface area (Å²) in [6.07, 6.45) is 0. The van der Waals surface area contributed by atoms with Crippen LogP contribution < -0.4 is 5.32 Å². The smallest absolute Gasteiger partial charge is 0.105 e. The van der Waals surface area contributed by atoms with Crippen LogP contribution in [0.1, 0.15) is 6.92 Å². The first kappa shape index (κ1) is 23.4. The van der Waals surface area contributed by atoms with E-state index in [4.69, 9.17) is 51.7 Å². The van der Waals surface area contributed by atoms with Crippen LogP contribution in [-0.2, 0) is 0 Å². The summed E-state index contributed by atoms with van der Waals surface area (Å²) < 4.78 is 0. The summed E-state index contributed by atoms with van der Waals surface area (Å²) >= 11 is 20.2. The number of nitrogens with zero attached hydrogens (tertiary/aromatic N) is 1. The van der Waals surface area contributed by atoms with E-state index >= 15 is 0 Å². The van der Waals surface area contributed by atoms with Crippen molar-refractivity contribution < 1.29 is 0 Å². The van der Waals surface area contributed by atoms with Crippen LogP contribution in [0.5, 0.6) is 0 Å². The Labute approximate surface area is 101 Å². The molecule has 0 amide bonds. The lowest BCUT2D eigenvalue weighted by Gasteiger charge is -1.72. The Morgan fingerprint density at radius 1 is 1.15 bits per heavy atom. The van der Waals surface area contributed by atoms with Gasteiger partial charge in [0, 0.05) is 18.3 Å². The van der Waals surface area contributed by atoms with E-state index in [0.717, 1.165) is 0 Å². The topological polar surface area (TPSA) is 35.8 Å². The minimum absolute atomic E-state index is 0.222. The Balaban J connectivity index is -0.0000000431. The fraction of sp³-hybridized carbons (Fsp3) is 0.857. The predicted molar refractivity (Wildman–Crippen MR) is 64.3 cm³/mol. The Kier molecular flexibility index (Phi) is 70.1. The van der Waals surface area contributed by atoms with Gasteiger partial charge in [-0.15, -0.1) is 46.4 Å². The first-order chi connectivity index (χ1) is 6.06. The van der Waals surface area contributed by atoms with Gasteiger partial charge in [-0.05, 0) is 21.0 Å². The summed E-state index contributed by atoms with van der Waals surface area (Å²) in [5.74, 6) is 1.11. The molecule has 0 spiro atoms. The van der Waals surface area contributed by atoms with Gasteiger partial charge in [-0.1, -0.05) is 0 Å². The molecule has 0 aromatic carbocycles. The molecule has 0 aromatic rings. The molecule has 0 atom stereocenters. The number of nitriles is 1. The second kappa shape index (κ2) is 38.9. The third-order valence-corrected chi connectivity index (χ3v) is 0.643. The summed E-state index contributed by atoms with van der Waals surface area (Å²) in [6.45, 7) is 5.20. The maximum absolute atomic E-state index is 6.50. The molecule has 0 bridgehead atoms. The zero-order valence-electron chi connectivity index (χ0n) is 8.03. The lowest BCUT2D eigenvalue weighted by Crippen LogP contribution is -1.89. The molecule has 0 saturated heterocycles. The van der Waals surface area contributed by atoms with Crippen molar-refractivity contribution in [1.82, 2.24) is 5.32 Å². The van der Waals surface area contributed by atoms with Gasteiger partial charge in [-0.2, -0.15) is 0 Å². The molecule has 2 nitrogen and oxygen atoms in total. The van der Waals surface area contributed by atoms with Crippen LogP contribution in [0.15, 0.2) is 0 Å². The van der Waals surface area contributed by atoms with Gasteiger partial charge in [0.1, 0.15) is 4.84 Å². The van der Waals surface area contributed by atoms with E-state index in [9.17, 15) is 0 Å². The van der Waals surface area contributed by atoms with Gasteiger partial charge in [-0.3, -0.25) is 0 Å². The molecule has 0 heterocycles. The van der Waals surface area contributed by atoms with Crippen LogP contribution in [0.3, 0.4) is 0 Å². The number of nitrogens with one attached hydrogen (secondary N) is 1. The van der Waals surface area contributed by atoms with Gasteiger partial charge in [0.15, 0.2) is 0 Å². The Bertz CT molecular complexity index is 64.0. The van der Waals surface area contributed by atoms with Crippen molar-refractivity contribution in [1.29, 1.82) is 5.26 Å². The van der Waals surface area contributed by atoms with Crippen LogP contribution >= 0.6 is 46.4 Å². The third-order valence-electron chi connectivity index (χ3n) is 0.0714. The van der Waals surface area contributed by atoms with Crippen LogP contribution in [0, 0.1) is 11.8 Å². The van der Waals surface area contributed by atoms with E-state index < -0.39 is 0 Å². The maximum atomic E-state index is 6.50. The lowest BCUT2D eigenvalue weighted by atomic mass is 11.0. The van der Waals surface area contributed by atoms with Gasteiger partial charge < -0.3 is 5.32 Å². The van der Waals surface area contributed by atoms with Crippen molar-refractivity contribution in [3.63, 3.8) is 0 Å². The molecule has 1 N–H and O–H groups in total. The average Bonchev–Trinajstić information content (AvgIpc) is 2.08. The van der Waals surface area contributed by atoms with Crippen molar-refractivity contribution in [3.8, 4) is 6.57 Å². The van der Waals surface area contributed by atoms with Crippen LogP contribution in [-0.4, -0.2) is 30.7 Å². The highest BCUT2D eigenvalue weighted by Crippen LogP contribution is 1.95. The number of hydrogen-bond acceptors (Lipinski definition) is 2. The number of alkyl halides is 4. The molecule has 6 heteroatoms. The summed E-state index contributed by atoms with van der Waals surface area (Å²) in [4.78, 5) is -0.222. The maximum Gasteiger partial charge on any atom is 0.105 e. The van der Waals surface area contributed by atoms with Crippen molar-refractivity contribution in [3.05, 3.63) is 0 Å². The fourth-order valence-corrected chi connectivity index (χ4v) is 0. The normalized spacial score (nSPS) is 6.62. The van der Waals surface area contributed by atoms with Crippen LogP contribution in [0.25, 0.3) is 0 Å². The molecule has 82 valence electrons. The molecule has 13 heavy (non-hydrogen) atoms. The minimum atomic E-state index is -0.222. The first-order valence-electron chi connectivity index (χ1n) is 3.31. The number of rotatable bonds is 1. The average molecular weight is 270 g/mol. The standard InChI is InChI=1S/2C2H4Cl2.C2H7N.CHN/c1-2(3)4;3-1-2-4;1-3-2;1-2/h2H,1H3;1-2H2;3H,1-2H3;1H. The lowest BCUT2D eigenvalue weighted by molar-refractivity contribution is 1.02. The van der Waals surface area contributed by atoms with Crippen molar-refractivity contribution >= 4 is 46.4 Å². The molecule has 0 saturated carbocycles. The van der Waals surface area contributed by atoms with Gasteiger partial charge >= 0.3 is 0 Å². The van der Waals surface area contributed by atoms with E-state index in [2.05, 4.69) is 11.9 Å². The van der Waals surface area contributed by atoms with Gasteiger partial charge in [0.2, 0.25) is 0 Å². The van der Waals surface area contributed by atoms with Gasteiger partial charge in [0.05, 0.1) is 0 Å². The molecule has 0 fully saturated rings. The molecular formula is C7H16Cl4N2. The predicted octanol–water partition coefficient (Wildman–Crippen LogP) is 3.25. The highest BCUT2D eigenvalue weighted by Gasteiger charge is 1.75. The SMILES string of the molecule is C#N.CC(Cl)Cl.CNC.ClCCCl. The molecule has 0 radical (unpaired) electrons. The molecule has 0 aliphatic rings. The van der Waals surface area contributed by atoms with Crippen molar-refractivity contribution in [2.24, 2.45) is 0 Å². The number of halogens is 4. The number of hydrogen-bond donors (Lipinski definition) is 1. The third kappa shape index (κ3) is 548. The highest BCUT2D eigenvalue weighted by atomic mass is 35.5. The Morgan fingerprint density at radius 2 is 1.23 bits per heavy atom. The molecule has 0 unspecified atom stereocenters. The Hall–Kier alpha value is 0.610. The minimum Gasteiger partial charge on any atom is -0.323 e. The highest BCUT2D eigenvalue weighted by molar-refractivity contribution is 6.43. The monoisotopic (exact) mass is 268 g/mol. The van der Waals surface area contributed by atoms with Gasteiger partial charge in [-0.25, -0.2) is 5.26 Å². The summed E-state index contributed by atoms with van der Waals surface area (Å²) in [7, 11) is 3.75. The van der Waals surface area contributed by atoms with Crippen molar-refractivity contribution in [2.45, 2.75) is 11.8 Å². The molecule has 0 rings (SSSR count). The quantitative estimate of drug-likeness (QED) is 0.742.